The van der Waals surface area contributed by atoms with Crippen molar-refractivity contribution in [1.29, 1.82) is 0 Å². The second kappa shape index (κ2) is 6.04. The highest BCUT2D eigenvalue weighted by molar-refractivity contribution is 5.98. The third-order valence-corrected chi connectivity index (χ3v) is 3.42. The second-order valence-corrected chi connectivity index (χ2v) is 5.12. The summed E-state index contributed by atoms with van der Waals surface area (Å²) in [6.45, 7) is 1.89. The van der Waals surface area contributed by atoms with Crippen LogP contribution in [0.2, 0.25) is 0 Å². The molecule has 120 valence electrons. The third kappa shape index (κ3) is 2.96. The molecule has 1 aromatic rings. The Bertz CT molecular complexity index is 574. The van der Waals surface area contributed by atoms with Crippen LogP contribution in [0.5, 0.6) is 0 Å². The molecule has 1 aliphatic rings. The van der Waals surface area contributed by atoms with Gasteiger partial charge in [0.15, 0.2) is 0 Å². The van der Waals surface area contributed by atoms with Crippen LogP contribution in [-0.4, -0.2) is 38.6 Å². The molecule has 1 atom stereocenters. The van der Waals surface area contributed by atoms with E-state index >= 15 is 0 Å². The van der Waals surface area contributed by atoms with Gasteiger partial charge in [0.25, 0.3) is 11.6 Å². The summed E-state index contributed by atoms with van der Waals surface area (Å²) in [5.41, 5.74) is -3.20. The Morgan fingerprint density at radius 3 is 2.77 bits per heavy atom. The standard InChI is InChI=1S/C14H16F3N3O2/c1-2-3-6-11-8-13(22,14(15,16)17)20(19-11)12(21)10-5-4-7-18-9-10/h4-5,7,9,22H,2-3,6,8H2,1H3/t13-/m0/s1. The average molecular weight is 315 g/mol. The molecular weight excluding hydrogens is 299 g/mol. The first kappa shape index (κ1) is 16.4. The van der Waals surface area contributed by atoms with Gasteiger partial charge in [0, 0.05) is 24.5 Å². The number of hydrazone groups is 1. The van der Waals surface area contributed by atoms with E-state index in [4.69, 9.17) is 0 Å². The minimum absolute atomic E-state index is 0.0642. The van der Waals surface area contributed by atoms with Gasteiger partial charge in [0.1, 0.15) is 0 Å². The predicted molar refractivity (Wildman–Crippen MR) is 73.0 cm³/mol. The van der Waals surface area contributed by atoms with E-state index in [1.807, 2.05) is 6.92 Å². The molecule has 0 spiro atoms. The molecule has 1 amide bonds. The number of nitrogens with zero attached hydrogens (tertiary/aromatic N) is 3. The largest absolute Gasteiger partial charge is 0.438 e. The van der Waals surface area contributed by atoms with E-state index in [-0.39, 0.29) is 16.3 Å². The van der Waals surface area contributed by atoms with Crippen LogP contribution in [0.4, 0.5) is 13.2 Å². The molecule has 0 saturated heterocycles. The molecule has 22 heavy (non-hydrogen) atoms. The van der Waals surface area contributed by atoms with E-state index in [1.165, 1.54) is 18.3 Å². The quantitative estimate of drug-likeness (QED) is 0.929. The molecule has 5 nitrogen and oxygen atoms in total. The number of hydrogen-bond donors (Lipinski definition) is 1. The highest BCUT2D eigenvalue weighted by atomic mass is 19.4. The normalized spacial score (nSPS) is 21.9. The van der Waals surface area contributed by atoms with Crippen LogP contribution < -0.4 is 0 Å². The fraction of sp³-hybridized carbons (Fsp3) is 0.500. The van der Waals surface area contributed by atoms with Crippen molar-refractivity contribution in [2.45, 2.75) is 44.5 Å². The van der Waals surface area contributed by atoms with Gasteiger partial charge >= 0.3 is 6.18 Å². The smallest absolute Gasteiger partial charge is 0.362 e. The zero-order valence-electron chi connectivity index (χ0n) is 12.0. The number of unbranched alkanes of at least 4 members (excludes halogenated alkanes) is 1. The van der Waals surface area contributed by atoms with E-state index in [0.717, 1.165) is 12.6 Å². The number of hydrogen-bond acceptors (Lipinski definition) is 4. The molecular formula is C14H16F3N3O2. The number of carbonyl (C=O) groups is 1. The molecule has 1 aliphatic heterocycles. The summed E-state index contributed by atoms with van der Waals surface area (Å²) in [7, 11) is 0. The molecule has 8 heteroatoms. The highest BCUT2D eigenvalue weighted by Gasteiger charge is 2.63. The van der Waals surface area contributed by atoms with Gasteiger partial charge in [-0.1, -0.05) is 13.3 Å². The molecule has 1 N–H and O–H groups in total. The number of rotatable bonds is 4. The molecule has 0 fully saturated rings. The second-order valence-electron chi connectivity index (χ2n) is 5.12. The first-order valence-corrected chi connectivity index (χ1v) is 6.89. The Labute approximate surface area is 125 Å². The zero-order chi connectivity index (χ0) is 16.4. The van der Waals surface area contributed by atoms with Crippen LogP contribution in [-0.2, 0) is 0 Å². The van der Waals surface area contributed by atoms with Gasteiger partial charge in [-0.3, -0.25) is 9.78 Å². The van der Waals surface area contributed by atoms with E-state index in [2.05, 4.69) is 10.1 Å². The SMILES string of the molecule is CCCCC1=NN(C(=O)c2cccnc2)[C@@](O)(C(F)(F)F)C1. The van der Waals surface area contributed by atoms with Gasteiger partial charge in [0.05, 0.1) is 5.56 Å². The van der Waals surface area contributed by atoms with E-state index in [1.54, 1.807) is 0 Å². The molecule has 0 saturated carbocycles. The lowest BCUT2D eigenvalue weighted by molar-refractivity contribution is -0.297. The van der Waals surface area contributed by atoms with Crippen molar-refractivity contribution in [3.8, 4) is 0 Å². The summed E-state index contributed by atoms with van der Waals surface area (Å²) in [4.78, 5) is 15.9. The van der Waals surface area contributed by atoms with Gasteiger partial charge in [-0.15, -0.1) is 0 Å². The van der Waals surface area contributed by atoms with Crippen LogP contribution in [0.25, 0.3) is 0 Å². The van der Waals surface area contributed by atoms with Crippen LogP contribution >= 0.6 is 0 Å². The lowest BCUT2D eigenvalue weighted by Crippen LogP contribution is -2.56. The number of carbonyl (C=O) groups excluding carboxylic acids is 1. The Balaban J connectivity index is 2.34. The van der Waals surface area contributed by atoms with Gasteiger partial charge in [-0.05, 0) is 25.0 Å². The number of halogens is 3. The van der Waals surface area contributed by atoms with Crippen molar-refractivity contribution in [3.63, 3.8) is 0 Å². The van der Waals surface area contributed by atoms with Crippen LogP contribution in [0.3, 0.4) is 0 Å². The predicted octanol–water partition coefficient (Wildman–Crippen LogP) is 2.72. The van der Waals surface area contributed by atoms with Crippen molar-refractivity contribution in [2.24, 2.45) is 5.10 Å². The lowest BCUT2D eigenvalue weighted by Gasteiger charge is -2.32. The Morgan fingerprint density at radius 1 is 1.50 bits per heavy atom. The lowest BCUT2D eigenvalue weighted by atomic mass is 10.0. The summed E-state index contributed by atoms with van der Waals surface area (Å²) < 4.78 is 39.7. The van der Waals surface area contributed by atoms with Crippen molar-refractivity contribution in [1.82, 2.24) is 9.99 Å². The number of pyridine rings is 1. The van der Waals surface area contributed by atoms with Crippen molar-refractivity contribution >= 4 is 11.6 Å². The molecule has 0 aliphatic carbocycles. The zero-order valence-corrected chi connectivity index (χ0v) is 12.0. The minimum atomic E-state index is -5.00. The molecule has 0 aromatic carbocycles. The topological polar surface area (TPSA) is 65.8 Å². The maximum atomic E-state index is 13.2. The summed E-state index contributed by atoms with van der Waals surface area (Å²) in [5, 5.41) is 13.9. The van der Waals surface area contributed by atoms with Crippen LogP contribution in [0.1, 0.15) is 43.0 Å². The number of aromatic nitrogens is 1. The molecule has 0 bridgehead atoms. The van der Waals surface area contributed by atoms with Gasteiger partial charge < -0.3 is 5.11 Å². The van der Waals surface area contributed by atoms with Crippen molar-refractivity contribution in [3.05, 3.63) is 30.1 Å². The van der Waals surface area contributed by atoms with Crippen molar-refractivity contribution in [2.75, 3.05) is 0 Å². The number of amides is 1. The maximum Gasteiger partial charge on any atom is 0.438 e. The first-order valence-electron chi connectivity index (χ1n) is 6.89. The highest BCUT2D eigenvalue weighted by Crippen LogP contribution is 2.41. The van der Waals surface area contributed by atoms with Gasteiger partial charge in [-0.25, -0.2) is 0 Å². The van der Waals surface area contributed by atoms with E-state index in [0.29, 0.717) is 12.8 Å². The maximum absolute atomic E-state index is 13.2. The minimum Gasteiger partial charge on any atom is -0.362 e. The Kier molecular flexibility index (Phi) is 4.50. The molecule has 0 unspecified atom stereocenters. The third-order valence-electron chi connectivity index (χ3n) is 3.42. The average Bonchev–Trinajstić information content (AvgIpc) is 2.83. The number of aliphatic hydroxyl groups is 1. The van der Waals surface area contributed by atoms with Gasteiger partial charge in [-0.2, -0.15) is 23.3 Å². The summed E-state index contributed by atoms with van der Waals surface area (Å²) in [6, 6.07) is 2.75. The molecule has 1 aromatic heterocycles. The number of alkyl halides is 3. The van der Waals surface area contributed by atoms with Gasteiger partial charge in [0.2, 0.25) is 0 Å². The summed E-state index contributed by atoms with van der Waals surface area (Å²) in [5.74, 6) is -1.03. The molecule has 2 rings (SSSR count). The molecule has 0 radical (unpaired) electrons. The summed E-state index contributed by atoms with van der Waals surface area (Å²) >= 11 is 0. The first-order chi connectivity index (χ1) is 10.3. The van der Waals surface area contributed by atoms with E-state index < -0.39 is 24.2 Å². The van der Waals surface area contributed by atoms with Crippen LogP contribution in [0.15, 0.2) is 29.6 Å². The van der Waals surface area contributed by atoms with Crippen LogP contribution in [0, 0.1) is 0 Å². The Morgan fingerprint density at radius 2 is 2.23 bits per heavy atom. The summed E-state index contributed by atoms with van der Waals surface area (Å²) in [6.07, 6.45) is -1.45. The fourth-order valence-corrected chi connectivity index (χ4v) is 2.18. The monoisotopic (exact) mass is 315 g/mol. The van der Waals surface area contributed by atoms with Crippen molar-refractivity contribution < 1.29 is 23.1 Å². The fourth-order valence-electron chi connectivity index (χ4n) is 2.18. The Hall–Kier alpha value is -1.96. The molecule has 2 heterocycles. The van der Waals surface area contributed by atoms with E-state index in [9.17, 15) is 23.1 Å².